The van der Waals surface area contributed by atoms with E-state index < -0.39 is 8.80 Å². The number of hydrogen-bond acceptors (Lipinski definition) is 3. The molecule has 0 saturated heterocycles. The van der Waals surface area contributed by atoms with Crippen LogP contribution < -0.4 is 0 Å². The highest BCUT2D eigenvalue weighted by atomic mass is 28.4. The minimum atomic E-state index is -2.62. The van der Waals surface area contributed by atoms with Gasteiger partial charge in [-0.25, -0.2) is 0 Å². The van der Waals surface area contributed by atoms with Gasteiger partial charge in [-0.15, -0.1) is 0 Å². The third-order valence-electron chi connectivity index (χ3n) is 4.14. The fraction of sp³-hybridized carbons (Fsp3) is 1.00. The molecular formula is C16H36O3Si. The first-order valence-electron chi connectivity index (χ1n) is 8.32. The molecule has 0 heterocycles. The Balaban J connectivity index is 5.20. The minimum absolute atomic E-state index is 0.168. The molecule has 0 N–H and O–H groups in total. The highest BCUT2D eigenvalue weighted by Crippen LogP contribution is 2.43. The zero-order valence-corrected chi connectivity index (χ0v) is 15.8. The van der Waals surface area contributed by atoms with Gasteiger partial charge in [0.15, 0.2) is 0 Å². The van der Waals surface area contributed by atoms with Crippen LogP contribution in [0, 0.1) is 5.41 Å². The molecule has 0 aliphatic rings. The molecule has 20 heavy (non-hydrogen) atoms. The van der Waals surface area contributed by atoms with Gasteiger partial charge in [0.05, 0.1) is 0 Å². The summed E-state index contributed by atoms with van der Waals surface area (Å²) in [6, 6.07) is 0. The summed E-state index contributed by atoms with van der Waals surface area (Å²) in [6.07, 6.45) is 4.10. The standard InChI is InChI=1S/C16H36O3Si/c1-8-12-17-20(18-13-9-2,19-14-10-3)15(5)16(6,7)11-4/h15H,8-14H2,1-7H3. The largest absolute Gasteiger partial charge is 0.504 e. The predicted octanol–water partition coefficient (Wildman–Crippen LogP) is 5.03. The van der Waals surface area contributed by atoms with Crippen LogP contribution >= 0.6 is 0 Å². The molecule has 0 bridgehead atoms. The van der Waals surface area contributed by atoms with E-state index in [9.17, 15) is 0 Å². The Morgan fingerprint density at radius 2 is 1.15 bits per heavy atom. The monoisotopic (exact) mass is 304 g/mol. The minimum Gasteiger partial charge on any atom is -0.373 e. The summed E-state index contributed by atoms with van der Waals surface area (Å²) in [4.78, 5) is 0. The molecule has 0 amide bonds. The third-order valence-corrected chi connectivity index (χ3v) is 7.80. The summed E-state index contributed by atoms with van der Waals surface area (Å²) in [5.41, 5.74) is 0.478. The maximum Gasteiger partial charge on any atom is 0.504 e. The van der Waals surface area contributed by atoms with Crippen molar-refractivity contribution in [3.63, 3.8) is 0 Å². The highest BCUT2D eigenvalue weighted by Gasteiger charge is 2.52. The van der Waals surface area contributed by atoms with Crippen LogP contribution in [-0.2, 0) is 13.3 Å². The Labute approximate surface area is 127 Å². The molecule has 0 spiro atoms. The normalized spacial score (nSPS) is 14.6. The lowest BCUT2D eigenvalue weighted by molar-refractivity contribution is 0.0361. The first-order chi connectivity index (χ1) is 9.40. The van der Waals surface area contributed by atoms with Crippen molar-refractivity contribution in [3.8, 4) is 0 Å². The van der Waals surface area contributed by atoms with Crippen LogP contribution in [0.2, 0.25) is 5.54 Å². The smallest absolute Gasteiger partial charge is 0.373 e. The van der Waals surface area contributed by atoms with Crippen LogP contribution in [0.15, 0.2) is 0 Å². The second kappa shape index (κ2) is 9.93. The van der Waals surface area contributed by atoms with Gasteiger partial charge < -0.3 is 13.3 Å². The molecule has 0 aromatic rings. The van der Waals surface area contributed by atoms with E-state index in [2.05, 4.69) is 48.5 Å². The molecule has 0 aliphatic heterocycles. The van der Waals surface area contributed by atoms with Crippen LogP contribution in [0.1, 0.15) is 74.1 Å². The topological polar surface area (TPSA) is 27.7 Å². The summed E-state index contributed by atoms with van der Waals surface area (Å²) in [5.74, 6) is 0. The molecule has 122 valence electrons. The first kappa shape index (κ1) is 20.1. The van der Waals surface area contributed by atoms with Crippen molar-refractivity contribution in [3.05, 3.63) is 0 Å². The molecule has 0 rings (SSSR count). The fourth-order valence-corrected chi connectivity index (χ4v) is 5.64. The molecule has 0 radical (unpaired) electrons. The lowest BCUT2D eigenvalue weighted by Gasteiger charge is -2.41. The van der Waals surface area contributed by atoms with Crippen LogP contribution in [0.4, 0.5) is 0 Å². The molecule has 4 heteroatoms. The van der Waals surface area contributed by atoms with Gasteiger partial charge in [-0.05, 0) is 24.7 Å². The Kier molecular flexibility index (Phi) is 9.98. The van der Waals surface area contributed by atoms with Crippen molar-refractivity contribution in [1.82, 2.24) is 0 Å². The quantitative estimate of drug-likeness (QED) is 0.473. The van der Waals surface area contributed by atoms with E-state index in [-0.39, 0.29) is 5.41 Å². The zero-order chi connectivity index (χ0) is 15.6. The van der Waals surface area contributed by atoms with Gasteiger partial charge in [0.2, 0.25) is 0 Å². The molecule has 0 aromatic carbocycles. The average Bonchev–Trinajstić information content (AvgIpc) is 2.46. The molecule has 0 saturated carbocycles. The summed E-state index contributed by atoms with van der Waals surface area (Å²) >= 11 is 0. The van der Waals surface area contributed by atoms with E-state index in [4.69, 9.17) is 13.3 Å². The van der Waals surface area contributed by atoms with Crippen molar-refractivity contribution in [2.24, 2.45) is 5.41 Å². The van der Waals surface area contributed by atoms with E-state index in [1.165, 1.54) is 0 Å². The molecule has 0 aromatic heterocycles. The maximum atomic E-state index is 6.23. The molecule has 3 nitrogen and oxygen atoms in total. The predicted molar refractivity (Wildman–Crippen MR) is 88.0 cm³/mol. The van der Waals surface area contributed by atoms with E-state index >= 15 is 0 Å². The van der Waals surface area contributed by atoms with Crippen LogP contribution in [0.5, 0.6) is 0 Å². The summed E-state index contributed by atoms with van der Waals surface area (Å²) < 4.78 is 18.7. The average molecular weight is 305 g/mol. The van der Waals surface area contributed by atoms with Crippen molar-refractivity contribution in [2.45, 2.75) is 79.7 Å². The summed E-state index contributed by atoms with van der Waals surface area (Å²) in [5, 5.41) is 0. The Hall–Kier alpha value is 0.0969. The van der Waals surface area contributed by atoms with Gasteiger partial charge in [-0.2, -0.15) is 0 Å². The van der Waals surface area contributed by atoms with Gasteiger partial charge in [-0.3, -0.25) is 0 Å². The second-order valence-electron chi connectivity index (χ2n) is 6.21. The van der Waals surface area contributed by atoms with Crippen molar-refractivity contribution < 1.29 is 13.3 Å². The lowest BCUT2D eigenvalue weighted by Crippen LogP contribution is -2.53. The van der Waals surface area contributed by atoms with Crippen molar-refractivity contribution in [2.75, 3.05) is 19.8 Å². The molecular weight excluding hydrogens is 268 g/mol. The third kappa shape index (κ3) is 5.84. The van der Waals surface area contributed by atoms with Gasteiger partial charge in [0.1, 0.15) is 0 Å². The van der Waals surface area contributed by atoms with Crippen LogP contribution in [0.25, 0.3) is 0 Å². The molecule has 1 unspecified atom stereocenters. The van der Waals surface area contributed by atoms with E-state index in [0.717, 1.165) is 45.5 Å². The fourth-order valence-electron chi connectivity index (χ4n) is 2.02. The molecule has 0 aliphatic carbocycles. The molecule has 0 fully saturated rings. The Bertz CT molecular complexity index is 222. The maximum absolute atomic E-state index is 6.23. The van der Waals surface area contributed by atoms with E-state index in [1.807, 2.05) is 0 Å². The zero-order valence-electron chi connectivity index (χ0n) is 14.8. The van der Waals surface area contributed by atoms with Gasteiger partial charge in [-0.1, -0.05) is 54.9 Å². The summed E-state index contributed by atoms with van der Waals surface area (Å²) in [7, 11) is -2.62. The first-order valence-corrected chi connectivity index (χ1v) is 10.1. The van der Waals surface area contributed by atoms with Crippen molar-refractivity contribution in [1.29, 1.82) is 0 Å². The van der Waals surface area contributed by atoms with Gasteiger partial charge in [0, 0.05) is 25.4 Å². The number of hydrogen-bond donors (Lipinski definition) is 0. The number of rotatable bonds is 12. The van der Waals surface area contributed by atoms with Crippen LogP contribution in [0.3, 0.4) is 0 Å². The van der Waals surface area contributed by atoms with Crippen molar-refractivity contribution >= 4 is 8.80 Å². The SMILES string of the molecule is CCCO[Si](OCCC)(OCCC)C(C)C(C)(C)CC. The van der Waals surface area contributed by atoms with Crippen LogP contribution in [-0.4, -0.2) is 28.6 Å². The van der Waals surface area contributed by atoms with E-state index in [0.29, 0.717) is 5.54 Å². The second-order valence-corrected chi connectivity index (χ2v) is 9.15. The lowest BCUT2D eigenvalue weighted by atomic mass is 9.87. The van der Waals surface area contributed by atoms with E-state index in [1.54, 1.807) is 0 Å². The Morgan fingerprint density at radius 1 is 0.800 bits per heavy atom. The van der Waals surface area contributed by atoms with Gasteiger partial charge >= 0.3 is 8.80 Å². The molecule has 1 atom stereocenters. The Morgan fingerprint density at radius 3 is 1.40 bits per heavy atom. The summed E-state index contributed by atoms with van der Waals surface area (Å²) in [6.45, 7) is 17.6. The highest BCUT2D eigenvalue weighted by molar-refractivity contribution is 6.62. The van der Waals surface area contributed by atoms with Gasteiger partial charge in [0.25, 0.3) is 0 Å².